The quantitative estimate of drug-likeness (QED) is 0.816. The van der Waals surface area contributed by atoms with Gasteiger partial charge < -0.3 is 10.1 Å². The summed E-state index contributed by atoms with van der Waals surface area (Å²) in [7, 11) is 0. The molecule has 0 aliphatic rings. The Morgan fingerprint density at radius 3 is 2.28 bits per heavy atom. The molecule has 0 bridgehead atoms. The molecule has 18 heavy (non-hydrogen) atoms. The summed E-state index contributed by atoms with van der Waals surface area (Å²) in [5.74, 6) is 0.683. The highest BCUT2D eigenvalue weighted by Gasteiger charge is 1.99. The molecule has 0 saturated carbocycles. The van der Waals surface area contributed by atoms with Crippen LogP contribution in [0.25, 0.3) is 0 Å². The second-order valence-electron chi connectivity index (χ2n) is 3.75. The van der Waals surface area contributed by atoms with Gasteiger partial charge in [0, 0.05) is 22.3 Å². The van der Waals surface area contributed by atoms with E-state index in [2.05, 4.69) is 5.32 Å². The Bertz CT molecular complexity index is 482. The van der Waals surface area contributed by atoms with Crippen molar-refractivity contribution in [3.8, 4) is 5.75 Å². The summed E-state index contributed by atoms with van der Waals surface area (Å²) in [6.45, 7) is 1.26. The van der Waals surface area contributed by atoms with Crippen LogP contribution in [0.4, 0.5) is 5.69 Å². The zero-order valence-corrected chi connectivity index (χ0v) is 11.2. The molecule has 2 aromatic rings. The fourth-order valence-electron chi connectivity index (χ4n) is 1.53. The molecule has 0 spiro atoms. The maximum atomic E-state index is 5.88. The molecule has 94 valence electrons. The maximum Gasteiger partial charge on any atom is 0.122 e. The number of hydrogen-bond donors (Lipinski definition) is 1. The molecule has 0 amide bonds. The molecule has 0 aliphatic carbocycles. The van der Waals surface area contributed by atoms with Crippen LogP contribution in [0, 0.1) is 0 Å². The molecule has 0 fully saturated rings. The first-order valence-electron chi connectivity index (χ1n) is 5.62. The minimum absolute atomic E-state index is 0.547. The summed E-state index contributed by atoms with van der Waals surface area (Å²) in [5, 5.41) is 4.41. The fraction of sp³-hybridized carbons (Fsp3) is 0.143. The van der Waals surface area contributed by atoms with E-state index in [9.17, 15) is 0 Å². The van der Waals surface area contributed by atoms with Crippen LogP contribution in [-0.4, -0.2) is 13.2 Å². The minimum atomic E-state index is 0.547. The molecular weight excluding hydrogens is 269 g/mol. The van der Waals surface area contributed by atoms with Crippen LogP contribution in [-0.2, 0) is 0 Å². The highest BCUT2D eigenvalue weighted by atomic mass is 35.5. The summed E-state index contributed by atoms with van der Waals surface area (Å²) >= 11 is 11.8. The van der Waals surface area contributed by atoms with Crippen molar-refractivity contribution in [3.63, 3.8) is 0 Å². The molecule has 0 heterocycles. The summed E-state index contributed by atoms with van der Waals surface area (Å²) < 4.78 is 5.56. The predicted molar refractivity (Wildman–Crippen MR) is 76.9 cm³/mol. The lowest BCUT2D eigenvalue weighted by molar-refractivity contribution is 0.333. The van der Waals surface area contributed by atoms with Crippen molar-refractivity contribution in [1.29, 1.82) is 0 Å². The number of halogens is 2. The summed E-state index contributed by atoms with van der Waals surface area (Å²) in [6, 6.07) is 15.1. The van der Waals surface area contributed by atoms with Gasteiger partial charge in [0.25, 0.3) is 0 Å². The van der Waals surface area contributed by atoms with Gasteiger partial charge in [-0.3, -0.25) is 0 Å². The molecule has 2 aromatic carbocycles. The number of ether oxygens (including phenoxy) is 1. The zero-order valence-electron chi connectivity index (χ0n) is 9.70. The highest BCUT2D eigenvalue weighted by Crippen LogP contribution is 2.24. The molecule has 2 rings (SSSR count). The summed E-state index contributed by atoms with van der Waals surface area (Å²) in [4.78, 5) is 0. The van der Waals surface area contributed by atoms with E-state index in [1.807, 2.05) is 30.3 Å². The number of nitrogens with one attached hydrogen (secondary N) is 1. The van der Waals surface area contributed by atoms with Gasteiger partial charge in [-0.05, 0) is 30.3 Å². The Hall–Kier alpha value is -1.38. The zero-order chi connectivity index (χ0) is 12.8. The number of benzene rings is 2. The van der Waals surface area contributed by atoms with E-state index < -0.39 is 0 Å². The van der Waals surface area contributed by atoms with Crippen LogP contribution in [0.5, 0.6) is 5.75 Å². The van der Waals surface area contributed by atoms with Crippen LogP contribution in [0.2, 0.25) is 10.0 Å². The van der Waals surface area contributed by atoms with Crippen molar-refractivity contribution < 1.29 is 4.74 Å². The molecule has 0 saturated heterocycles. The highest BCUT2D eigenvalue weighted by molar-refractivity contribution is 6.34. The average Bonchev–Trinajstić information content (AvgIpc) is 2.35. The molecule has 0 unspecified atom stereocenters. The smallest absolute Gasteiger partial charge is 0.122 e. The van der Waals surface area contributed by atoms with E-state index >= 15 is 0 Å². The first-order valence-corrected chi connectivity index (χ1v) is 6.37. The lowest BCUT2D eigenvalue weighted by Crippen LogP contribution is -2.11. The Morgan fingerprint density at radius 1 is 0.944 bits per heavy atom. The normalized spacial score (nSPS) is 10.1. The standard InChI is InChI=1S/C14H13Cl2NO/c15-11-8-12(16)10-14(9-11)18-7-6-17-13-4-2-1-3-5-13/h1-5,8-10,17H,6-7H2. The third kappa shape index (κ3) is 4.13. The average molecular weight is 282 g/mol. The van der Waals surface area contributed by atoms with Gasteiger partial charge in [0.15, 0.2) is 0 Å². The van der Waals surface area contributed by atoms with Crippen molar-refractivity contribution in [1.82, 2.24) is 0 Å². The minimum Gasteiger partial charge on any atom is -0.492 e. The number of anilines is 1. The van der Waals surface area contributed by atoms with E-state index in [1.165, 1.54) is 0 Å². The first kappa shape index (κ1) is 13.1. The molecule has 0 atom stereocenters. The van der Waals surface area contributed by atoms with Gasteiger partial charge in [-0.2, -0.15) is 0 Å². The first-order chi connectivity index (χ1) is 8.74. The van der Waals surface area contributed by atoms with Crippen LogP contribution in [0.15, 0.2) is 48.5 Å². The van der Waals surface area contributed by atoms with Gasteiger partial charge in [0.1, 0.15) is 12.4 Å². The molecule has 0 aliphatic heterocycles. The van der Waals surface area contributed by atoms with Crippen LogP contribution >= 0.6 is 23.2 Å². The van der Waals surface area contributed by atoms with Crippen LogP contribution < -0.4 is 10.1 Å². The van der Waals surface area contributed by atoms with Gasteiger partial charge >= 0.3 is 0 Å². The Kier molecular flexibility index (Phi) is 4.73. The lowest BCUT2D eigenvalue weighted by atomic mass is 10.3. The molecule has 1 N–H and O–H groups in total. The van der Waals surface area contributed by atoms with Gasteiger partial charge in [0.2, 0.25) is 0 Å². The molecule has 4 heteroatoms. The fourth-order valence-corrected chi connectivity index (χ4v) is 2.04. The summed E-state index contributed by atoms with van der Waals surface area (Å²) in [6.07, 6.45) is 0. The van der Waals surface area contributed by atoms with Crippen LogP contribution in [0.1, 0.15) is 0 Å². The van der Waals surface area contributed by atoms with Crippen molar-refractivity contribution in [2.45, 2.75) is 0 Å². The second kappa shape index (κ2) is 6.53. The number of hydrogen-bond acceptors (Lipinski definition) is 2. The van der Waals surface area contributed by atoms with Gasteiger partial charge in [0.05, 0.1) is 0 Å². The van der Waals surface area contributed by atoms with E-state index in [-0.39, 0.29) is 0 Å². The van der Waals surface area contributed by atoms with Crippen LogP contribution in [0.3, 0.4) is 0 Å². The lowest BCUT2D eigenvalue weighted by Gasteiger charge is -2.09. The maximum absolute atomic E-state index is 5.88. The van der Waals surface area contributed by atoms with Gasteiger partial charge in [-0.1, -0.05) is 41.4 Å². The molecular formula is C14H13Cl2NO. The van der Waals surface area contributed by atoms with Crippen molar-refractivity contribution >= 4 is 28.9 Å². The SMILES string of the molecule is Clc1cc(Cl)cc(OCCNc2ccccc2)c1. The van der Waals surface area contributed by atoms with Crippen molar-refractivity contribution in [3.05, 3.63) is 58.6 Å². The summed E-state index contributed by atoms with van der Waals surface area (Å²) in [5.41, 5.74) is 1.07. The number of rotatable bonds is 5. The third-order valence-corrected chi connectivity index (χ3v) is 2.75. The Labute approximate surface area is 116 Å². The van der Waals surface area contributed by atoms with Crippen molar-refractivity contribution in [2.24, 2.45) is 0 Å². The van der Waals surface area contributed by atoms with E-state index in [1.54, 1.807) is 18.2 Å². The monoisotopic (exact) mass is 281 g/mol. The van der Waals surface area contributed by atoms with E-state index in [4.69, 9.17) is 27.9 Å². The van der Waals surface area contributed by atoms with E-state index in [0.29, 0.717) is 28.9 Å². The predicted octanol–water partition coefficient (Wildman–Crippen LogP) is 4.48. The van der Waals surface area contributed by atoms with Gasteiger partial charge in [-0.25, -0.2) is 0 Å². The third-order valence-electron chi connectivity index (χ3n) is 2.31. The van der Waals surface area contributed by atoms with Gasteiger partial charge in [-0.15, -0.1) is 0 Å². The van der Waals surface area contributed by atoms with E-state index in [0.717, 1.165) is 5.69 Å². The Morgan fingerprint density at radius 2 is 1.61 bits per heavy atom. The molecule has 0 radical (unpaired) electrons. The number of para-hydroxylation sites is 1. The molecule has 0 aromatic heterocycles. The largest absolute Gasteiger partial charge is 0.492 e. The second-order valence-corrected chi connectivity index (χ2v) is 4.62. The molecule has 2 nitrogen and oxygen atoms in total. The Balaban J connectivity index is 1.78. The topological polar surface area (TPSA) is 21.3 Å². The van der Waals surface area contributed by atoms with Crippen molar-refractivity contribution in [2.75, 3.05) is 18.5 Å².